The monoisotopic (exact) mass is 366 g/mol. The lowest BCUT2D eigenvalue weighted by atomic mass is 10.1. The van der Waals surface area contributed by atoms with E-state index in [0.717, 1.165) is 24.1 Å². The highest BCUT2D eigenvalue weighted by atomic mass is 16.3. The fourth-order valence-corrected chi connectivity index (χ4v) is 3.80. The van der Waals surface area contributed by atoms with Gasteiger partial charge in [0.25, 0.3) is 0 Å². The molecule has 0 radical (unpaired) electrons. The van der Waals surface area contributed by atoms with Crippen molar-refractivity contribution < 1.29 is 9.90 Å². The number of carbonyl (C=O) groups excluding carboxylic acids is 1. The van der Waals surface area contributed by atoms with E-state index in [4.69, 9.17) is 0 Å². The molecule has 2 aromatic heterocycles. The largest absolute Gasteiger partial charge is 0.387 e. The first-order chi connectivity index (χ1) is 13.2. The Morgan fingerprint density at radius 2 is 2.19 bits per heavy atom. The zero-order chi connectivity index (χ0) is 18.8. The van der Waals surface area contributed by atoms with Crippen LogP contribution in [0.3, 0.4) is 0 Å². The van der Waals surface area contributed by atoms with Crippen molar-refractivity contribution in [2.24, 2.45) is 0 Å². The number of para-hydroxylation sites is 1. The summed E-state index contributed by atoms with van der Waals surface area (Å²) in [5.74, 6) is 0.194. The van der Waals surface area contributed by atoms with Gasteiger partial charge >= 0.3 is 0 Å². The summed E-state index contributed by atoms with van der Waals surface area (Å²) in [7, 11) is 0. The lowest BCUT2D eigenvalue weighted by Crippen LogP contribution is -2.38. The average molecular weight is 366 g/mol. The van der Waals surface area contributed by atoms with Crippen LogP contribution in [0, 0.1) is 0 Å². The number of aromatic amines is 1. The number of H-pyrrole nitrogens is 1. The number of benzene rings is 1. The molecule has 1 aromatic carbocycles. The number of aliphatic hydroxyl groups excluding tert-OH is 1. The van der Waals surface area contributed by atoms with Gasteiger partial charge in [-0.3, -0.25) is 9.48 Å². The standard InChI is InChI=1S/C21H26N4O2/c1-2-20(26)19-12-16-14-24(10-11-25(16)23-19)21(27)9-5-6-15-13-22-18-8-4-3-7-17(15)18/h3-4,7-8,12-13,20,22,26H,2,5-6,9-11,14H2,1H3/t20-/m0/s1. The van der Waals surface area contributed by atoms with Gasteiger partial charge in [0.05, 0.1) is 30.6 Å². The summed E-state index contributed by atoms with van der Waals surface area (Å²) in [6.07, 6.45) is 4.47. The van der Waals surface area contributed by atoms with Crippen LogP contribution in [0.4, 0.5) is 0 Å². The maximum absolute atomic E-state index is 12.6. The van der Waals surface area contributed by atoms with Crippen molar-refractivity contribution in [1.82, 2.24) is 19.7 Å². The van der Waals surface area contributed by atoms with E-state index in [2.05, 4.69) is 28.4 Å². The molecule has 0 saturated carbocycles. The maximum Gasteiger partial charge on any atom is 0.222 e. The van der Waals surface area contributed by atoms with Gasteiger partial charge in [0.2, 0.25) is 5.91 Å². The number of fused-ring (bicyclic) bond motifs is 2. The molecule has 6 heteroatoms. The number of carbonyl (C=O) groups is 1. The van der Waals surface area contributed by atoms with E-state index in [1.165, 1.54) is 10.9 Å². The van der Waals surface area contributed by atoms with E-state index in [0.29, 0.717) is 38.2 Å². The SMILES string of the molecule is CC[C@H](O)c1cc2n(n1)CCN(C(=O)CCCc1c[nH]c3ccccc13)C2. The van der Waals surface area contributed by atoms with Gasteiger partial charge in [-0.2, -0.15) is 5.10 Å². The van der Waals surface area contributed by atoms with Crippen LogP contribution in [-0.4, -0.2) is 37.2 Å². The molecule has 0 unspecified atom stereocenters. The lowest BCUT2D eigenvalue weighted by molar-refractivity contribution is -0.132. The Balaban J connectivity index is 1.33. The van der Waals surface area contributed by atoms with Crippen molar-refractivity contribution in [3.8, 4) is 0 Å². The van der Waals surface area contributed by atoms with Crippen molar-refractivity contribution in [1.29, 1.82) is 0 Å². The molecule has 1 aliphatic rings. The Bertz CT molecular complexity index is 943. The van der Waals surface area contributed by atoms with Gasteiger partial charge in [-0.25, -0.2) is 0 Å². The number of hydrogen-bond donors (Lipinski definition) is 2. The Hall–Kier alpha value is -2.60. The predicted octanol–water partition coefficient (Wildman–Crippen LogP) is 3.17. The Kier molecular flexibility index (Phi) is 4.99. The molecule has 142 valence electrons. The minimum atomic E-state index is -0.525. The fourth-order valence-electron chi connectivity index (χ4n) is 3.80. The van der Waals surface area contributed by atoms with E-state index >= 15 is 0 Å². The van der Waals surface area contributed by atoms with E-state index in [-0.39, 0.29) is 5.91 Å². The summed E-state index contributed by atoms with van der Waals surface area (Å²) < 4.78 is 1.92. The number of amides is 1. The van der Waals surface area contributed by atoms with E-state index in [1.807, 2.05) is 34.7 Å². The van der Waals surface area contributed by atoms with Crippen LogP contribution in [0.2, 0.25) is 0 Å². The molecule has 3 heterocycles. The van der Waals surface area contributed by atoms with Crippen LogP contribution in [0.15, 0.2) is 36.5 Å². The normalized spacial score (nSPS) is 15.1. The lowest BCUT2D eigenvalue weighted by Gasteiger charge is -2.27. The highest BCUT2D eigenvalue weighted by Crippen LogP contribution is 2.22. The number of nitrogens with zero attached hydrogens (tertiary/aromatic N) is 3. The van der Waals surface area contributed by atoms with E-state index < -0.39 is 6.10 Å². The molecule has 0 bridgehead atoms. The second-order valence-corrected chi connectivity index (χ2v) is 7.24. The molecule has 1 atom stereocenters. The van der Waals surface area contributed by atoms with Crippen molar-refractivity contribution >= 4 is 16.8 Å². The van der Waals surface area contributed by atoms with Crippen LogP contribution in [0.1, 0.15) is 49.2 Å². The van der Waals surface area contributed by atoms with Crippen LogP contribution in [0.5, 0.6) is 0 Å². The number of hydrogen-bond acceptors (Lipinski definition) is 3. The first kappa shape index (κ1) is 17.8. The molecule has 0 fully saturated rings. The number of nitrogens with one attached hydrogen (secondary N) is 1. The third-order valence-corrected chi connectivity index (χ3v) is 5.41. The van der Waals surface area contributed by atoms with Gasteiger partial charge in [0, 0.05) is 30.1 Å². The first-order valence-electron chi connectivity index (χ1n) is 9.73. The van der Waals surface area contributed by atoms with Gasteiger partial charge in [-0.1, -0.05) is 25.1 Å². The topological polar surface area (TPSA) is 74.2 Å². The van der Waals surface area contributed by atoms with Gasteiger partial charge in [0.15, 0.2) is 0 Å². The molecule has 0 aliphatic carbocycles. The zero-order valence-electron chi connectivity index (χ0n) is 15.7. The summed E-state index contributed by atoms with van der Waals surface area (Å²) >= 11 is 0. The van der Waals surface area contributed by atoms with Crippen molar-refractivity contribution in [3.63, 3.8) is 0 Å². The Morgan fingerprint density at radius 3 is 3.04 bits per heavy atom. The summed E-state index contributed by atoms with van der Waals surface area (Å²) in [6.45, 7) is 3.89. The molecule has 0 saturated heterocycles. The summed E-state index contributed by atoms with van der Waals surface area (Å²) in [6, 6.07) is 10.2. The smallest absolute Gasteiger partial charge is 0.222 e. The van der Waals surface area contributed by atoms with Gasteiger partial charge < -0.3 is 15.0 Å². The molecule has 1 aliphatic heterocycles. The molecule has 6 nitrogen and oxygen atoms in total. The van der Waals surface area contributed by atoms with Gasteiger partial charge in [-0.15, -0.1) is 0 Å². The second-order valence-electron chi connectivity index (χ2n) is 7.24. The van der Waals surface area contributed by atoms with Crippen LogP contribution >= 0.6 is 0 Å². The molecular weight excluding hydrogens is 340 g/mol. The average Bonchev–Trinajstić information content (AvgIpc) is 3.31. The molecule has 2 N–H and O–H groups in total. The molecule has 0 spiro atoms. The first-order valence-corrected chi connectivity index (χ1v) is 9.73. The highest BCUT2D eigenvalue weighted by Gasteiger charge is 2.23. The Labute approximate surface area is 158 Å². The number of aliphatic hydroxyl groups is 1. The van der Waals surface area contributed by atoms with E-state index in [1.54, 1.807) is 0 Å². The highest BCUT2D eigenvalue weighted by molar-refractivity contribution is 5.83. The zero-order valence-corrected chi connectivity index (χ0v) is 15.7. The molecule has 27 heavy (non-hydrogen) atoms. The molecular formula is C21H26N4O2. The quantitative estimate of drug-likeness (QED) is 0.704. The third kappa shape index (κ3) is 3.62. The fraction of sp³-hybridized carbons (Fsp3) is 0.429. The summed E-state index contributed by atoms with van der Waals surface area (Å²) in [5.41, 5.74) is 4.14. The van der Waals surface area contributed by atoms with Crippen molar-refractivity contribution in [2.75, 3.05) is 6.54 Å². The molecule has 4 rings (SSSR count). The van der Waals surface area contributed by atoms with Crippen LogP contribution in [0.25, 0.3) is 10.9 Å². The van der Waals surface area contributed by atoms with Crippen LogP contribution in [-0.2, 0) is 24.3 Å². The number of aryl methyl sites for hydroxylation is 1. The number of rotatable bonds is 6. The molecule has 1 amide bonds. The maximum atomic E-state index is 12.6. The van der Waals surface area contributed by atoms with Crippen molar-refractivity contribution in [3.05, 3.63) is 53.5 Å². The number of aromatic nitrogens is 3. The molecule has 3 aromatic rings. The van der Waals surface area contributed by atoms with Gasteiger partial charge in [-0.05, 0) is 37.0 Å². The summed E-state index contributed by atoms with van der Waals surface area (Å²) in [4.78, 5) is 17.8. The summed E-state index contributed by atoms with van der Waals surface area (Å²) in [5, 5.41) is 15.7. The third-order valence-electron chi connectivity index (χ3n) is 5.41. The van der Waals surface area contributed by atoms with Crippen LogP contribution < -0.4 is 0 Å². The second kappa shape index (κ2) is 7.56. The van der Waals surface area contributed by atoms with Crippen molar-refractivity contribution in [2.45, 2.75) is 51.8 Å². The predicted molar refractivity (Wildman–Crippen MR) is 104 cm³/mol. The minimum absolute atomic E-state index is 0.194. The van der Waals surface area contributed by atoms with Gasteiger partial charge in [0.1, 0.15) is 0 Å². The van der Waals surface area contributed by atoms with E-state index in [9.17, 15) is 9.90 Å². The Morgan fingerprint density at radius 1 is 1.33 bits per heavy atom. The minimum Gasteiger partial charge on any atom is -0.387 e.